The number of anilines is 1. The summed E-state index contributed by atoms with van der Waals surface area (Å²) in [6.07, 6.45) is 6.98. The number of nitrogens with zero attached hydrogens (tertiary/aromatic N) is 2. The van der Waals surface area contributed by atoms with Crippen molar-refractivity contribution in [2.45, 2.75) is 25.7 Å². The normalized spacial score (nSPS) is 14.0. The molecule has 4 N–H and O–H groups in total. The Bertz CT molecular complexity index is 1150. The van der Waals surface area contributed by atoms with E-state index < -0.39 is 10.9 Å². The molecule has 0 atom stereocenters. The maximum atomic E-state index is 11.1. The van der Waals surface area contributed by atoms with Gasteiger partial charge in [-0.25, -0.2) is 4.79 Å². The van der Waals surface area contributed by atoms with Gasteiger partial charge >= 0.3 is 11.8 Å². The van der Waals surface area contributed by atoms with Crippen molar-refractivity contribution in [1.29, 1.82) is 0 Å². The van der Waals surface area contributed by atoms with Gasteiger partial charge in [0, 0.05) is 5.56 Å². The number of quaternary nitrogens is 1. The van der Waals surface area contributed by atoms with Crippen molar-refractivity contribution in [1.82, 2.24) is 9.90 Å². The number of hydrogen-bond acceptors (Lipinski definition) is 7. The first-order valence-electron chi connectivity index (χ1n) is 10.2. The first-order chi connectivity index (χ1) is 15.4. The molecule has 9 heteroatoms. The largest absolute Gasteiger partial charge is 0.494 e. The maximum absolute atomic E-state index is 11.1. The third-order valence-corrected chi connectivity index (χ3v) is 6.21. The standard InChI is InChI=1S/C23H23N3O5S/c1-31-20-13-18(23(27)28)11-12-19(20)25-26(29,30)21-14-32-22(24-21)17-9-7-16(8-10-17)15-5-3-2-4-6-15/h5,7-14,25,29-30H,2-4,6H2,1H3/p+1. The Labute approximate surface area is 189 Å². The highest BCUT2D eigenvalue weighted by Gasteiger charge is 2.33. The molecule has 0 bridgehead atoms. The number of ether oxygens (including phenoxy) is 1. The summed E-state index contributed by atoms with van der Waals surface area (Å²) in [7, 11) is 1.36. The number of aromatic nitrogens is 1. The molecule has 3 aromatic rings. The third-order valence-electron chi connectivity index (χ3n) is 5.33. The molecule has 1 heterocycles. The Hall–Kier alpha value is -3.24. The molecule has 1 aromatic heterocycles. The number of carboxylic acid groups (broad SMARTS) is 1. The number of allylic oxidation sites excluding steroid dienone is 2. The average molecular weight is 455 g/mol. The lowest BCUT2D eigenvalue weighted by atomic mass is 9.93. The van der Waals surface area contributed by atoms with Crippen LogP contribution in [0.5, 0.6) is 5.75 Å². The van der Waals surface area contributed by atoms with Crippen LogP contribution in [0.2, 0.25) is 0 Å². The van der Waals surface area contributed by atoms with E-state index in [0.717, 1.165) is 18.4 Å². The van der Waals surface area contributed by atoms with Crippen molar-refractivity contribution in [2.24, 2.45) is 0 Å². The topological polar surface area (TPSA) is 112 Å². The van der Waals surface area contributed by atoms with E-state index in [4.69, 9.17) is 9.84 Å². The quantitative estimate of drug-likeness (QED) is 0.272. The van der Waals surface area contributed by atoms with E-state index in [-0.39, 0.29) is 22.8 Å². The zero-order valence-corrected chi connectivity index (χ0v) is 18.3. The molecule has 0 unspecified atom stereocenters. The second kappa shape index (κ2) is 9.09. The maximum Gasteiger partial charge on any atom is 0.335 e. The van der Waals surface area contributed by atoms with Crippen molar-refractivity contribution in [2.75, 3.05) is 12.5 Å². The van der Waals surface area contributed by atoms with Crippen LogP contribution >= 0.6 is 11.3 Å². The second-order valence-electron chi connectivity index (χ2n) is 7.50. The molecular weight excluding hydrogens is 430 g/mol. The monoisotopic (exact) mass is 454 g/mol. The van der Waals surface area contributed by atoms with E-state index in [2.05, 4.69) is 28.6 Å². The number of thiazole rings is 1. The molecule has 0 spiro atoms. The van der Waals surface area contributed by atoms with Gasteiger partial charge in [0.05, 0.1) is 18.1 Å². The number of nitrogens with one attached hydrogen (secondary N) is 1. The van der Waals surface area contributed by atoms with E-state index in [9.17, 15) is 15.2 Å². The molecule has 4 rings (SSSR count). The van der Waals surface area contributed by atoms with E-state index in [1.54, 1.807) is 0 Å². The summed E-state index contributed by atoms with van der Waals surface area (Å²) >= 11 is 1.29. The number of methoxy groups -OCH3 is 1. The fourth-order valence-electron chi connectivity index (χ4n) is 3.61. The fourth-order valence-corrected chi connectivity index (χ4v) is 4.45. The zero-order valence-electron chi connectivity index (χ0n) is 17.5. The second-order valence-corrected chi connectivity index (χ2v) is 8.35. The van der Waals surface area contributed by atoms with Crippen molar-refractivity contribution in [3.8, 4) is 16.3 Å². The minimum absolute atomic E-state index is 0.0183. The van der Waals surface area contributed by atoms with Gasteiger partial charge in [-0.2, -0.15) is 10.4 Å². The Morgan fingerprint density at radius 1 is 1.12 bits per heavy atom. The zero-order chi connectivity index (χ0) is 22.7. The molecule has 8 nitrogen and oxygen atoms in total. The Balaban J connectivity index is 1.53. The Morgan fingerprint density at radius 3 is 2.53 bits per heavy atom. The number of hydrogen-bond donors (Lipinski definition) is 4. The molecule has 0 aliphatic heterocycles. The lowest BCUT2D eigenvalue weighted by Crippen LogP contribution is -2.48. The average Bonchev–Trinajstić information content (AvgIpc) is 3.31. The van der Waals surface area contributed by atoms with Gasteiger partial charge in [0.2, 0.25) is 0 Å². The van der Waals surface area contributed by atoms with E-state index >= 15 is 0 Å². The highest BCUT2D eigenvalue weighted by atomic mass is 32.1. The summed E-state index contributed by atoms with van der Waals surface area (Å²) in [6, 6.07) is 12.1. The summed E-state index contributed by atoms with van der Waals surface area (Å²) in [4.78, 5) is 13.8. The van der Waals surface area contributed by atoms with Gasteiger partial charge in [0.15, 0.2) is 0 Å². The smallest absolute Gasteiger partial charge is 0.335 e. The molecule has 0 amide bonds. The predicted octanol–water partition coefficient (Wildman–Crippen LogP) is 5.59. The van der Waals surface area contributed by atoms with Crippen LogP contribution < -0.4 is 15.1 Å². The highest BCUT2D eigenvalue weighted by molar-refractivity contribution is 7.13. The number of rotatable bonds is 7. The van der Waals surface area contributed by atoms with Crippen molar-refractivity contribution in [3.05, 3.63) is 65.0 Å². The van der Waals surface area contributed by atoms with Crippen LogP contribution in [0.1, 0.15) is 41.6 Å². The van der Waals surface area contributed by atoms with Gasteiger partial charge < -0.3 is 9.84 Å². The molecule has 0 saturated carbocycles. The highest BCUT2D eigenvalue weighted by Crippen LogP contribution is 2.34. The summed E-state index contributed by atoms with van der Waals surface area (Å²) in [5.74, 6) is -0.995. The molecule has 0 fully saturated rings. The number of aromatic carboxylic acids is 1. The van der Waals surface area contributed by atoms with Crippen LogP contribution in [0.15, 0.2) is 53.9 Å². The molecule has 2 aromatic carbocycles. The lowest BCUT2D eigenvalue weighted by molar-refractivity contribution is -0.274. The minimum atomic E-state index is -1.72. The predicted molar refractivity (Wildman–Crippen MR) is 123 cm³/mol. The van der Waals surface area contributed by atoms with Crippen LogP contribution in [0.4, 0.5) is 11.5 Å². The summed E-state index contributed by atoms with van der Waals surface area (Å²) in [5.41, 5.74) is 6.18. The fraction of sp³-hybridized carbons (Fsp3) is 0.217. The summed E-state index contributed by atoms with van der Waals surface area (Å²) < 4.78 is 5.17. The first kappa shape index (κ1) is 22.0. The molecule has 0 saturated heterocycles. The van der Waals surface area contributed by atoms with Crippen LogP contribution in [-0.4, -0.2) is 33.6 Å². The summed E-state index contributed by atoms with van der Waals surface area (Å²) in [5, 5.41) is 32.4. The van der Waals surface area contributed by atoms with Gasteiger partial charge in [-0.3, -0.25) is 0 Å². The van der Waals surface area contributed by atoms with Crippen LogP contribution in [0.25, 0.3) is 16.1 Å². The van der Waals surface area contributed by atoms with Gasteiger partial charge in [-0.1, -0.05) is 30.3 Å². The van der Waals surface area contributed by atoms with Crippen LogP contribution in [-0.2, 0) is 0 Å². The van der Waals surface area contributed by atoms with Crippen molar-refractivity contribution in [3.63, 3.8) is 0 Å². The van der Waals surface area contributed by atoms with Crippen LogP contribution in [0.3, 0.4) is 0 Å². The van der Waals surface area contributed by atoms with Gasteiger partial charge in [0.25, 0.3) is 0 Å². The SMILES string of the molecule is COc1cc(C(=O)O)ccc1N[N+](O)(O)c1csc(-c2ccc(C3=CCCCC3)cc2)n1. The Kier molecular flexibility index (Phi) is 6.24. The first-order valence-corrected chi connectivity index (χ1v) is 11.1. The molecule has 1 aliphatic carbocycles. The van der Waals surface area contributed by atoms with Crippen LogP contribution in [0, 0.1) is 0 Å². The van der Waals surface area contributed by atoms with Crippen molar-refractivity contribution < 1.29 is 25.1 Å². The van der Waals surface area contributed by atoms with Gasteiger partial charge in [-0.15, -0.1) is 21.8 Å². The third kappa shape index (κ3) is 4.66. The Morgan fingerprint density at radius 2 is 1.88 bits per heavy atom. The molecular formula is C23H24N3O5S+. The molecule has 1 aliphatic rings. The van der Waals surface area contributed by atoms with Gasteiger partial charge in [-0.05, 0) is 55.0 Å². The minimum Gasteiger partial charge on any atom is -0.494 e. The van der Waals surface area contributed by atoms with E-state index in [1.807, 2.05) is 12.1 Å². The van der Waals surface area contributed by atoms with E-state index in [0.29, 0.717) is 5.01 Å². The van der Waals surface area contributed by atoms with Gasteiger partial charge in [0.1, 0.15) is 21.4 Å². The number of carboxylic acids is 1. The number of benzene rings is 2. The van der Waals surface area contributed by atoms with Crippen molar-refractivity contribution >= 4 is 34.4 Å². The van der Waals surface area contributed by atoms with E-state index in [1.165, 1.54) is 66.0 Å². The number of carbonyl (C=O) groups is 1. The summed E-state index contributed by atoms with van der Waals surface area (Å²) in [6.45, 7) is 0. The lowest BCUT2D eigenvalue weighted by Gasteiger charge is -2.20. The molecule has 32 heavy (non-hydrogen) atoms. The molecule has 166 valence electrons. The molecule has 0 radical (unpaired) electrons.